The topological polar surface area (TPSA) is 69.9 Å². The number of hydrogen-bond acceptors (Lipinski definition) is 4. The Morgan fingerprint density at radius 2 is 1.32 bits per heavy atom. The van der Waals surface area contributed by atoms with Gasteiger partial charge >= 0.3 is 0 Å². The normalized spacial score (nSPS) is 12.9. The molecule has 25 heavy (non-hydrogen) atoms. The van der Waals surface area contributed by atoms with Crippen LogP contribution in [0.2, 0.25) is 0 Å². The summed E-state index contributed by atoms with van der Waals surface area (Å²) < 4.78 is 6.27. The summed E-state index contributed by atoms with van der Waals surface area (Å²) in [7, 11) is 0. The van der Waals surface area contributed by atoms with Gasteiger partial charge < -0.3 is 20.1 Å². The van der Waals surface area contributed by atoms with Crippen LogP contribution in [0.1, 0.15) is 33.9 Å². The molecule has 0 radical (unpaired) electrons. The highest BCUT2D eigenvalue weighted by Gasteiger charge is 2.41. The minimum Gasteiger partial charge on any atom is -0.485 e. The van der Waals surface area contributed by atoms with Crippen LogP contribution in [0, 0.1) is 33.1 Å². The second-order valence-corrected chi connectivity index (χ2v) is 6.96. The SMILES string of the molecule is Cc1ccc(OC(c2ccc(C)cc2C)C(CO)(CO)CO)c(C)c1. The van der Waals surface area contributed by atoms with Crippen molar-refractivity contribution < 1.29 is 20.1 Å². The van der Waals surface area contributed by atoms with Gasteiger partial charge in [-0.05, 0) is 50.5 Å². The van der Waals surface area contributed by atoms with Crippen molar-refractivity contribution in [1.82, 2.24) is 0 Å². The van der Waals surface area contributed by atoms with Gasteiger partial charge in [-0.3, -0.25) is 0 Å². The van der Waals surface area contributed by atoms with Gasteiger partial charge in [-0.25, -0.2) is 0 Å². The molecule has 136 valence electrons. The molecule has 0 amide bonds. The van der Waals surface area contributed by atoms with E-state index in [1.54, 1.807) is 0 Å². The van der Waals surface area contributed by atoms with Gasteiger partial charge in [0.15, 0.2) is 0 Å². The van der Waals surface area contributed by atoms with Gasteiger partial charge in [-0.2, -0.15) is 0 Å². The molecule has 3 N–H and O–H groups in total. The quantitative estimate of drug-likeness (QED) is 0.722. The summed E-state index contributed by atoms with van der Waals surface area (Å²) in [4.78, 5) is 0. The molecule has 0 saturated heterocycles. The number of aliphatic hydroxyl groups excluding tert-OH is 3. The highest BCUT2D eigenvalue weighted by Crippen LogP contribution is 2.39. The van der Waals surface area contributed by atoms with E-state index in [-0.39, 0.29) is 19.8 Å². The molecule has 0 heterocycles. The lowest BCUT2D eigenvalue weighted by atomic mass is 9.79. The maximum Gasteiger partial charge on any atom is 0.136 e. The number of benzene rings is 2. The molecule has 2 aromatic carbocycles. The zero-order valence-electron chi connectivity index (χ0n) is 15.4. The minimum absolute atomic E-state index is 0.386. The summed E-state index contributed by atoms with van der Waals surface area (Å²) in [5, 5.41) is 29.8. The van der Waals surface area contributed by atoms with Gasteiger partial charge in [0, 0.05) is 0 Å². The molecule has 2 aromatic rings. The lowest BCUT2D eigenvalue weighted by Crippen LogP contribution is -2.43. The second-order valence-electron chi connectivity index (χ2n) is 6.96. The van der Waals surface area contributed by atoms with Crippen molar-refractivity contribution in [1.29, 1.82) is 0 Å². The molecule has 2 rings (SSSR count). The number of hydrogen-bond donors (Lipinski definition) is 3. The molecule has 1 atom stereocenters. The Hall–Kier alpha value is -1.88. The summed E-state index contributed by atoms with van der Waals surface area (Å²) in [6, 6.07) is 11.8. The maximum absolute atomic E-state index is 9.95. The Morgan fingerprint density at radius 3 is 1.80 bits per heavy atom. The van der Waals surface area contributed by atoms with E-state index >= 15 is 0 Å². The zero-order valence-corrected chi connectivity index (χ0v) is 15.4. The van der Waals surface area contributed by atoms with Gasteiger partial charge in [-0.1, -0.05) is 41.5 Å². The molecule has 0 spiro atoms. The standard InChI is InChI=1S/C21H28O4/c1-14-5-7-18(16(3)9-14)20(21(11-22,12-23)13-24)25-19-8-6-15(2)10-17(19)4/h5-10,20,22-24H,11-13H2,1-4H3. The molecule has 1 unspecified atom stereocenters. The van der Waals surface area contributed by atoms with Crippen LogP contribution in [0.4, 0.5) is 0 Å². The first kappa shape index (κ1) is 19.4. The summed E-state index contributed by atoms with van der Waals surface area (Å²) in [5.41, 5.74) is 3.88. The van der Waals surface area contributed by atoms with Crippen molar-refractivity contribution in [3.63, 3.8) is 0 Å². The first-order valence-electron chi connectivity index (χ1n) is 8.50. The fraction of sp³-hybridized carbons (Fsp3) is 0.429. The fourth-order valence-corrected chi connectivity index (χ4v) is 3.10. The highest BCUT2D eigenvalue weighted by molar-refractivity contribution is 5.38. The number of aliphatic hydroxyl groups is 3. The smallest absolute Gasteiger partial charge is 0.136 e. The predicted molar refractivity (Wildman–Crippen MR) is 98.9 cm³/mol. The second kappa shape index (κ2) is 8.00. The lowest BCUT2D eigenvalue weighted by molar-refractivity contribution is -0.0746. The van der Waals surface area contributed by atoms with E-state index in [9.17, 15) is 15.3 Å². The zero-order chi connectivity index (χ0) is 18.6. The van der Waals surface area contributed by atoms with E-state index < -0.39 is 11.5 Å². The monoisotopic (exact) mass is 344 g/mol. The molecular weight excluding hydrogens is 316 g/mol. The van der Waals surface area contributed by atoms with Crippen LogP contribution in [0.15, 0.2) is 36.4 Å². The van der Waals surface area contributed by atoms with Crippen molar-refractivity contribution in [3.8, 4) is 5.75 Å². The van der Waals surface area contributed by atoms with E-state index in [1.807, 2.05) is 64.1 Å². The first-order chi connectivity index (χ1) is 11.9. The Balaban J connectivity index is 2.55. The molecule has 0 aromatic heterocycles. The van der Waals surface area contributed by atoms with Crippen LogP contribution >= 0.6 is 0 Å². The van der Waals surface area contributed by atoms with E-state index in [0.717, 1.165) is 27.8 Å². The van der Waals surface area contributed by atoms with Crippen LogP contribution in [0.5, 0.6) is 5.75 Å². The van der Waals surface area contributed by atoms with E-state index in [4.69, 9.17) is 4.74 Å². The van der Waals surface area contributed by atoms with Crippen LogP contribution in [-0.2, 0) is 0 Å². The average molecular weight is 344 g/mol. The van der Waals surface area contributed by atoms with Gasteiger partial charge in [0.05, 0.1) is 25.2 Å². The predicted octanol–water partition coefficient (Wildman–Crippen LogP) is 3.00. The first-order valence-corrected chi connectivity index (χ1v) is 8.50. The van der Waals surface area contributed by atoms with E-state index in [2.05, 4.69) is 0 Å². The third-order valence-electron chi connectivity index (χ3n) is 4.78. The lowest BCUT2D eigenvalue weighted by Gasteiger charge is -2.37. The molecule has 0 aliphatic rings. The summed E-state index contributed by atoms with van der Waals surface area (Å²) in [6.07, 6.45) is -0.672. The molecule has 4 heteroatoms. The summed E-state index contributed by atoms with van der Waals surface area (Å²) in [6.45, 7) is 6.79. The van der Waals surface area contributed by atoms with Crippen LogP contribution in [-0.4, -0.2) is 35.1 Å². The Bertz CT molecular complexity index is 712. The van der Waals surface area contributed by atoms with Crippen molar-refractivity contribution in [2.75, 3.05) is 19.8 Å². The largest absolute Gasteiger partial charge is 0.485 e. The van der Waals surface area contributed by atoms with Crippen molar-refractivity contribution >= 4 is 0 Å². The molecule has 4 nitrogen and oxygen atoms in total. The van der Waals surface area contributed by atoms with Crippen LogP contribution in [0.3, 0.4) is 0 Å². The van der Waals surface area contributed by atoms with Crippen molar-refractivity contribution in [2.45, 2.75) is 33.8 Å². The third-order valence-corrected chi connectivity index (χ3v) is 4.78. The number of rotatable bonds is 7. The molecule has 0 bridgehead atoms. The van der Waals surface area contributed by atoms with Gasteiger partial charge in [0.1, 0.15) is 11.9 Å². The molecule has 0 saturated carbocycles. The molecule has 0 aliphatic carbocycles. The number of aryl methyl sites for hydroxylation is 4. The molecular formula is C21H28O4. The molecule has 0 fully saturated rings. The summed E-state index contributed by atoms with van der Waals surface area (Å²) >= 11 is 0. The molecule has 0 aliphatic heterocycles. The van der Waals surface area contributed by atoms with Crippen LogP contribution in [0.25, 0.3) is 0 Å². The Labute approximate surface area is 149 Å². The Morgan fingerprint density at radius 1 is 0.800 bits per heavy atom. The van der Waals surface area contributed by atoms with Crippen molar-refractivity contribution in [2.24, 2.45) is 5.41 Å². The van der Waals surface area contributed by atoms with Gasteiger partial charge in [0.25, 0.3) is 0 Å². The third kappa shape index (κ3) is 4.03. The van der Waals surface area contributed by atoms with Crippen molar-refractivity contribution in [3.05, 3.63) is 64.2 Å². The number of ether oxygens (including phenoxy) is 1. The average Bonchev–Trinajstić information content (AvgIpc) is 2.58. The summed E-state index contributed by atoms with van der Waals surface area (Å²) in [5.74, 6) is 0.676. The van der Waals surface area contributed by atoms with Crippen LogP contribution < -0.4 is 4.74 Å². The highest BCUT2D eigenvalue weighted by atomic mass is 16.5. The van der Waals surface area contributed by atoms with Gasteiger partial charge in [0.2, 0.25) is 0 Å². The van der Waals surface area contributed by atoms with Gasteiger partial charge in [-0.15, -0.1) is 0 Å². The minimum atomic E-state index is -1.18. The van der Waals surface area contributed by atoms with E-state index in [0.29, 0.717) is 5.75 Å². The van der Waals surface area contributed by atoms with E-state index in [1.165, 1.54) is 0 Å². The fourth-order valence-electron chi connectivity index (χ4n) is 3.10. The maximum atomic E-state index is 9.95. The Kier molecular flexibility index (Phi) is 6.22.